The molecular formula is C13H9BrN2O4. The van der Waals surface area contributed by atoms with E-state index in [-0.39, 0.29) is 17.9 Å². The van der Waals surface area contributed by atoms with Crippen LogP contribution >= 0.6 is 15.9 Å². The van der Waals surface area contributed by atoms with Crippen LogP contribution in [0.25, 0.3) is 0 Å². The van der Waals surface area contributed by atoms with Crippen LogP contribution in [0.15, 0.2) is 47.1 Å². The zero-order valence-electron chi connectivity index (χ0n) is 10.2. The van der Waals surface area contributed by atoms with E-state index >= 15 is 0 Å². The summed E-state index contributed by atoms with van der Waals surface area (Å²) in [5.41, 5.74) is 0.181. The first-order valence-electron chi connectivity index (χ1n) is 5.59. The van der Waals surface area contributed by atoms with Crippen LogP contribution in [0, 0.1) is 10.1 Å². The van der Waals surface area contributed by atoms with Crippen LogP contribution in [0.3, 0.4) is 0 Å². The van der Waals surface area contributed by atoms with E-state index in [4.69, 9.17) is 4.74 Å². The van der Waals surface area contributed by atoms with Gasteiger partial charge < -0.3 is 4.74 Å². The van der Waals surface area contributed by atoms with Gasteiger partial charge in [0, 0.05) is 16.7 Å². The predicted octanol–water partition coefficient (Wildman–Crippen LogP) is 3.11. The second-order valence-electron chi connectivity index (χ2n) is 3.82. The fourth-order valence-corrected chi connectivity index (χ4v) is 1.88. The minimum Gasteiger partial charge on any atom is -0.455 e. The lowest BCUT2D eigenvalue weighted by molar-refractivity contribution is -0.385. The van der Waals surface area contributed by atoms with E-state index in [9.17, 15) is 14.9 Å². The summed E-state index contributed by atoms with van der Waals surface area (Å²) in [6.07, 6.45) is 1.57. The van der Waals surface area contributed by atoms with Crippen molar-refractivity contribution in [3.05, 3.63) is 68.4 Å². The number of hydrogen-bond donors (Lipinski definition) is 0. The first-order valence-corrected chi connectivity index (χ1v) is 6.38. The number of carbonyl (C=O) groups is 1. The molecule has 102 valence electrons. The molecule has 2 rings (SSSR count). The molecule has 0 aliphatic heterocycles. The highest BCUT2D eigenvalue weighted by Gasteiger charge is 2.21. The van der Waals surface area contributed by atoms with Crippen LogP contribution in [0.5, 0.6) is 0 Å². The molecule has 0 aliphatic carbocycles. The number of esters is 1. The maximum Gasteiger partial charge on any atom is 0.345 e. The van der Waals surface area contributed by atoms with Crippen LogP contribution < -0.4 is 0 Å². The van der Waals surface area contributed by atoms with Crippen molar-refractivity contribution in [2.75, 3.05) is 0 Å². The average molecular weight is 337 g/mol. The van der Waals surface area contributed by atoms with Crippen molar-refractivity contribution in [3.63, 3.8) is 0 Å². The summed E-state index contributed by atoms with van der Waals surface area (Å²) in [7, 11) is 0. The summed E-state index contributed by atoms with van der Waals surface area (Å²) < 4.78 is 5.54. The number of nitro benzene ring substituents is 1. The van der Waals surface area contributed by atoms with Crippen LogP contribution in [0.2, 0.25) is 0 Å². The number of pyridine rings is 1. The lowest BCUT2D eigenvalue weighted by Gasteiger charge is -2.05. The number of carbonyl (C=O) groups excluding carboxylic acids is 1. The predicted molar refractivity (Wildman–Crippen MR) is 74.2 cm³/mol. The Morgan fingerprint density at radius 1 is 1.35 bits per heavy atom. The summed E-state index contributed by atoms with van der Waals surface area (Å²) in [5.74, 6) is -0.755. The Labute approximate surface area is 122 Å². The molecule has 0 unspecified atom stereocenters. The normalized spacial score (nSPS) is 10.1. The van der Waals surface area contributed by atoms with E-state index in [1.165, 1.54) is 12.1 Å². The highest BCUT2D eigenvalue weighted by Crippen LogP contribution is 2.24. The molecule has 0 saturated carbocycles. The summed E-state index contributed by atoms with van der Waals surface area (Å²) in [6.45, 7) is -0.0348. The highest BCUT2D eigenvalue weighted by molar-refractivity contribution is 9.10. The molecule has 0 amide bonds. The van der Waals surface area contributed by atoms with Gasteiger partial charge in [0.1, 0.15) is 12.2 Å². The van der Waals surface area contributed by atoms with E-state index in [0.717, 1.165) is 0 Å². The smallest absolute Gasteiger partial charge is 0.345 e. The minimum atomic E-state index is -0.755. The zero-order chi connectivity index (χ0) is 14.5. The number of nitro groups is 1. The lowest BCUT2D eigenvalue weighted by atomic mass is 10.2. The molecule has 2 aromatic rings. The number of nitrogens with zero attached hydrogens (tertiary/aromatic N) is 2. The van der Waals surface area contributed by atoms with E-state index in [1.54, 1.807) is 30.5 Å². The number of ether oxygens (including phenoxy) is 1. The molecule has 6 nitrogen and oxygen atoms in total. The van der Waals surface area contributed by atoms with Gasteiger partial charge in [0.05, 0.1) is 10.6 Å². The van der Waals surface area contributed by atoms with E-state index < -0.39 is 10.9 Å². The fourth-order valence-electron chi connectivity index (χ4n) is 1.53. The van der Waals surface area contributed by atoms with Crippen molar-refractivity contribution in [2.24, 2.45) is 0 Å². The third kappa shape index (κ3) is 3.39. The summed E-state index contributed by atoms with van der Waals surface area (Å²) in [6, 6.07) is 9.36. The Hall–Kier alpha value is -2.28. The molecule has 1 heterocycles. The fraction of sp³-hybridized carbons (Fsp3) is 0.0769. The summed E-state index contributed by atoms with van der Waals surface area (Å²) >= 11 is 3.12. The second-order valence-corrected chi connectivity index (χ2v) is 4.73. The van der Waals surface area contributed by atoms with Gasteiger partial charge in [-0.15, -0.1) is 0 Å². The van der Waals surface area contributed by atoms with E-state index in [2.05, 4.69) is 20.9 Å². The molecule has 7 heteroatoms. The summed E-state index contributed by atoms with van der Waals surface area (Å²) in [5, 5.41) is 10.9. The van der Waals surface area contributed by atoms with Crippen molar-refractivity contribution in [2.45, 2.75) is 6.61 Å². The number of benzene rings is 1. The van der Waals surface area contributed by atoms with Crippen molar-refractivity contribution in [3.8, 4) is 0 Å². The monoisotopic (exact) mass is 336 g/mol. The summed E-state index contributed by atoms with van der Waals surface area (Å²) in [4.78, 5) is 26.2. The number of aromatic nitrogens is 1. The molecule has 1 aromatic carbocycles. The molecule has 20 heavy (non-hydrogen) atoms. The third-order valence-electron chi connectivity index (χ3n) is 2.45. The maximum absolute atomic E-state index is 11.9. The van der Waals surface area contributed by atoms with Crippen LogP contribution in [0.4, 0.5) is 5.69 Å². The molecule has 0 N–H and O–H groups in total. The molecular weight excluding hydrogens is 328 g/mol. The molecule has 0 bridgehead atoms. The third-order valence-corrected chi connectivity index (χ3v) is 2.95. The van der Waals surface area contributed by atoms with Crippen LogP contribution in [-0.2, 0) is 11.3 Å². The molecule has 0 saturated heterocycles. The highest BCUT2D eigenvalue weighted by atomic mass is 79.9. The SMILES string of the molecule is O=C(OCc1ccccn1)c1ccc(Br)cc1[N+](=O)[O-]. The molecule has 0 atom stereocenters. The van der Waals surface area contributed by atoms with Gasteiger partial charge in [-0.3, -0.25) is 15.1 Å². The van der Waals surface area contributed by atoms with Crippen molar-refractivity contribution >= 4 is 27.6 Å². The Balaban J connectivity index is 2.15. The first kappa shape index (κ1) is 14.1. The van der Waals surface area contributed by atoms with Crippen molar-refractivity contribution in [1.82, 2.24) is 4.98 Å². The molecule has 0 radical (unpaired) electrons. The topological polar surface area (TPSA) is 82.3 Å². The Kier molecular flexibility index (Phi) is 4.41. The quantitative estimate of drug-likeness (QED) is 0.486. The van der Waals surface area contributed by atoms with Gasteiger partial charge in [-0.2, -0.15) is 0 Å². The van der Waals surface area contributed by atoms with Gasteiger partial charge in [0.2, 0.25) is 0 Å². The molecule has 0 aliphatic rings. The van der Waals surface area contributed by atoms with Gasteiger partial charge in [0.25, 0.3) is 5.69 Å². The van der Waals surface area contributed by atoms with Gasteiger partial charge in [-0.25, -0.2) is 4.79 Å². The number of halogens is 1. The van der Waals surface area contributed by atoms with E-state index in [1.807, 2.05) is 0 Å². The number of rotatable bonds is 4. The second kappa shape index (κ2) is 6.25. The molecule has 0 spiro atoms. The average Bonchev–Trinajstić information content (AvgIpc) is 2.45. The maximum atomic E-state index is 11.9. The van der Waals surface area contributed by atoms with Crippen LogP contribution in [0.1, 0.15) is 16.1 Å². The zero-order valence-corrected chi connectivity index (χ0v) is 11.7. The van der Waals surface area contributed by atoms with Gasteiger partial charge >= 0.3 is 5.97 Å². The largest absolute Gasteiger partial charge is 0.455 e. The Morgan fingerprint density at radius 3 is 2.80 bits per heavy atom. The van der Waals surface area contributed by atoms with Crippen LogP contribution in [-0.4, -0.2) is 15.9 Å². The van der Waals surface area contributed by atoms with Gasteiger partial charge in [-0.05, 0) is 24.3 Å². The van der Waals surface area contributed by atoms with Crippen molar-refractivity contribution in [1.29, 1.82) is 0 Å². The molecule has 0 fully saturated rings. The first-order chi connectivity index (χ1) is 9.58. The van der Waals surface area contributed by atoms with Gasteiger partial charge in [-0.1, -0.05) is 22.0 Å². The molecule has 1 aromatic heterocycles. The lowest BCUT2D eigenvalue weighted by Crippen LogP contribution is -2.08. The standard InChI is InChI=1S/C13H9BrN2O4/c14-9-4-5-11(12(7-9)16(18)19)13(17)20-8-10-3-1-2-6-15-10/h1-7H,8H2. The Morgan fingerprint density at radius 2 is 2.15 bits per heavy atom. The number of hydrogen-bond acceptors (Lipinski definition) is 5. The Bertz CT molecular complexity index is 646. The van der Waals surface area contributed by atoms with E-state index in [0.29, 0.717) is 10.2 Å². The van der Waals surface area contributed by atoms with Gasteiger partial charge in [0.15, 0.2) is 0 Å². The minimum absolute atomic E-state index is 0.0348. The van der Waals surface area contributed by atoms with Crippen molar-refractivity contribution < 1.29 is 14.5 Å².